The van der Waals surface area contributed by atoms with Crippen LogP contribution in [0.15, 0.2) is 22.8 Å². The molecule has 2 heterocycles. The zero-order chi connectivity index (χ0) is 21.9. The normalized spacial score (nSPS) is 14.7. The van der Waals surface area contributed by atoms with Crippen LogP contribution in [-0.2, 0) is 4.79 Å². The highest BCUT2D eigenvalue weighted by atomic mass is 32.1. The fourth-order valence-electron chi connectivity index (χ4n) is 4.42. The predicted octanol–water partition coefficient (Wildman–Crippen LogP) is 8.14. The second-order valence-electron chi connectivity index (χ2n) is 9.15. The molecule has 0 spiro atoms. The molecule has 0 amide bonds. The number of hydrogen-bond donors (Lipinski definition) is 1. The fourth-order valence-corrected chi connectivity index (χ4v) is 5.40. The first-order chi connectivity index (χ1) is 15.2. The van der Waals surface area contributed by atoms with Crippen LogP contribution in [0.25, 0.3) is 11.5 Å². The smallest absolute Gasteiger partial charge is 0.180 e. The van der Waals surface area contributed by atoms with Gasteiger partial charge in [0.15, 0.2) is 10.9 Å². The Morgan fingerprint density at radius 1 is 1.06 bits per heavy atom. The van der Waals surface area contributed by atoms with Gasteiger partial charge in [-0.25, -0.2) is 4.98 Å². The molecular formula is C26H40N2O2S. The van der Waals surface area contributed by atoms with Gasteiger partial charge in [-0.3, -0.25) is 4.79 Å². The van der Waals surface area contributed by atoms with E-state index in [4.69, 9.17) is 10.2 Å². The van der Waals surface area contributed by atoms with Crippen LogP contribution in [0.4, 0.5) is 5.13 Å². The van der Waals surface area contributed by atoms with E-state index in [-0.39, 0.29) is 11.8 Å². The first-order valence-electron chi connectivity index (χ1n) is 12.5. The molecule has 1 aliphatic carbocycles. The molecule has 0 bridgehead atoms. The Bertz CT molecular complexity index is 764. The molecule has 1 fully saturated rings. The highest BCUT2D eigenvalue weighted by Crippen LogP contribution is 2.43. The number of carbonyl (C=O) groups excluding carboxylic acids is 1. The average molecular weight is 445 g/mol. The molecule has 0 radical (unpaired) electrons. The Morgan fingerprint density at radius 3 is 2.23 bits per heavy atom. The summed E-state index contributed by atoms with van der Waals surface area (Å²) in [7, 11) is 0. The van der Waals surface area contributed by atoms with Crippen molar-refractivity contribution in [1.29, 1.82) is 0 Å². The van der Waals surface area contributed by atoms with E-state index in [1.54, 1.807) is 6.26 Å². The van der Waals surface area contributed by atoms with Crippen molar-refractivity contribution in [2.24, 2.45) is 5.92 Å². The highest BCUT2D eigenvalue weighted by molar-refractivity contribution is 7.16. The van der Waals surface area contributed by atoms with E-state index in [9.17, 15) is 4.79 Å². The Labute approximate surface area is 192 Å². The van der Waals surface area contributed by atoms with Crippen molar-refractivity contribution < 1.29 is 9.21 Å². The largest absolute Gasteiger partial charge is 0.463 e. The van der Waals surface area contributed by atoms with Gasteiger partial charge in [0.05, 0.1) is 12.2 Å². The Balaban J connectivity index is 1.41. The number of hydrogen-bond acceptors (Lipinski definition) is 5. The lowest BCUT2D eigenvalue weighted by Gasteiger charge is -2.15. The van der Waals surface area contributed by atoms with Crippen LogP contribution in [0, 0.1) is 5.92 Å². The zero-order valence-corrected chi connectivity index (χ0v) is 20.1. The van der Waals surface area contributed by atoms with Gasteiger partial charge in [0.2, 0.25) is 0 Å². The molecule has 172 valence electrons. The first kappa shape index (κ1) is 24.0. The number of nitrogens with two attached hydrogens (primary N) is 1. The molecule has 1 atom stereocenters. The van der Waals surface area contributed by atoms with Crippen LogP contribution < -0.4 is 5.73 Å². The summed E-state index contributed by atoms with van der Waals surface area (Å²) < 4.78 is 5.57. The van der Waals surface area contributed by atoms with Crippen molar-refractivity contribution in [2.45, 2.75) is 109 Å². The zero-order valence-electron chi connectivity index (χ0n) is 19.2. The van der Waals surface area contributed by atoms with E-state index in [0.717, 1.165) is 36.3 Å². The number of nitrogen functional groups attached to an aromatic ring is 1. The number of unbranched alkanes of at least 4 members (excludes halogenated alkanes) is 11. The average Bonchev–Trinajstić information content (AvgIpc) is 3.34. The number of ketones is 1. The number of aromatic nitrogens is 1. The van der Waals surface area contributed by atoms with Gasteiger partial charge >= 0.3 is 0 Å². The predicted molar refractivity (Wildman–Crippen MR) is 130 cm³/mol. The molecule has 2 aromatic rings. The molecule has 4 nitrogen and oxygen atoms in total. The van der Waals surface area contributed by atoms with E-state index in [2.05, 4.69) is 11.9 Å². The summed E-state index contributed by atoms with van der Waals surface area (Å²) in [5.74, 6) is 1.27. The summed E-state index contributed by atoms with van der Waals surface area (Å²) in [4.78, 5) is 18.6. The Hall–Kier alpha value is -1.62. The molecule has 3 rings (SSSR count). The third kappa shape index (κ3) is 7.78. The third-order valence-electron chi connectivity index (χ3n) is 6.41. The van der Waals surface area contributed by atoms with Crippen LogP contribution in [0.5, 0.6) is 0 Å². The summed E-state index contributed by atoms with van der Waals surface area (Å²) in [5.41, 5.74) is 6.81. The molecule has 2 aromatic heterocycles. The van der Waals surface area contributed by atoms with Crippen molar-refractivity contribution in [3.05, 3.63) is 23.3 Å². The van der Waals surface area contributed by atoms with Crippen LogP contribution in [0.2, 0.25) is 0 Å². The highest BCUT2D eigenvalue weighted by Gasteiger charge is 2.37. The molecule has 1 aliphatic rings. The summed E-state index contributed by atoms with van der Waals surface area (Å²) in [5, 5.41) is 0.518. The standard InChI is InChI=1S/C26H40N2O2S/c1-2-3-4-5-6-7-8-9-10-11-12-13-15-21(24(29)20-17-18-20)25-23(28-26(27)31-25)22-16-14-19-30-22/h14,16,19-21H,2-13,15,17-18H2,1H3,(H2,27,28). The lowest BCUT2D eigenvalue weighted by molar-refractivity contribution is -0.121. The van der Waals surface area contributed by atoms with Gasteiger partial charge in [-0.05, 0) is 31.4 Å². The van der Waals surface area contributed by atoms with E-state index in [1.807, 2.05) is 12.1 Å². The van der Waals surface area contributed by atoms with Gasteiger partial charge in [-0.2, -0.15) is 0 Å². The molecular weight excluding hydrogens is 404 g/mol. The molecule has 1 unspecified atom stereocenters. The molecule has 2 N–H and O–H groups in total. The van der Waals surface area contributed by atoms with Crippen molar-refractivity contribution in [3.63, 3.8) is 0 Å². The first-order valence-corrected chi connectivity index (χ1v) is 13.4. The minimum absolute atomic E-state index is 0.0782. The third-order valence-corrected chi connectivity index (χ3v) is 7.41. The van der Waals surface area contributed by atoms with Crippen molar-refractivity contribution in [1.82, 2.24) is 4.98 Å². The fraction of sp³-hybridized carbons (Fsp3) is 0.692. The molecule has 0 saturated heterocycles. The van der Waals surface area contributed by atoms with Crippen LogP contribution in [0.3, 0.4) is 0 Å². The Morgan fingerprint density at radius 2 is 1.68 bits per heavy atom. The lowest BCUT2D eigenvalue weighted by atomic mass is 9.91. The van der Waals surface area contributed by atoms with Crippen LogP contribution in [0.1, 0.15) is 114 Å². The summed E-state index contributed by atoms with van der Waals surface area (Å²) >= 11 is 1.46. The number of Topliss-reactive ketones (excluding diaryl/α,β-unsaturated/α-hetero) is 1. The van der Waals surface area contributed by atoms with E-state index < -0.39 is 0 Å². The maximum atomic E-state index is 13.1. The molecule has 0 aliphatic heterocycles. The van der Waals surface area contributed by atoms with Crippen molar-refractivity contribution in [2.75, 3.05) is 5.73 Å². The van der Waals surface area contributed by atoms with Gasteiger partial charge in [-0.1, -0.05) is 84.0 Å². The number of nitrogens with zero attached hydrogens (tertiary/aromatic N) is 1. The van der Waals surface area contributed by atoms with Gasteiger partial charge in [0.1, 0.15) is 11.5 Å². The number of furan rings is 1. The molecule has 1 saturated carbocycles. The van der Waals surface area contributed by atoms with E-state index in [1.165, 1.54) is 82.0 Å². The molecule has 0 aromatic carbocycles. The van der Waals surface area contributed by atoms with E-state index in [0.29, 0.717) is 16.7 Å². The Kier molecular flexibility index (Phi) is 10.1. The quantitative estimate of drug-likeness (QED) is 0.250. The van der Waals surface area contributed by atoms with Gasteiger partial charge in [0, 0.05) is 10.8 Å². The van der Waals surface area contributed by atoms with Crippen molar-refractivity contribution in [3.8, 4) is 11.5 Å². The SMILES string of the molecule is CCCCCCCCCCCCCCC(C(=O)C1CC1)c1sc(N)nc1-c1ccco1. The maximum absolute atomic E-state index is 13.1. The van der Waals surface area contributed by atoms with E-state index >= 15 is 0 Å². The van der Waals surface area contributed by atoms with Gasteiger partial charge in [0.25, 0.3) is 0 Å². The lowest BCUT2D eigenvalue weighted by Crippen LogP contribution is -2.14. The minimum atomic E-state index is -0.0782. The molecule has 5 heteroatoms. The second kappa shape index (κ2) is 13.0. The maximum Gasteiger partial charge on any atom is 0.180 e. The van der Waals surface area contributed by atoms with Crippen molar-refractivity contribution >= 4 is 22.3 Å². The second-order valence-corrected chi connectivity index (χ2v) is 10.2. The summed E-state index contributed by atoms with van der Waals surface area (Å²) in [6.07, 6.45) is 20.6. The number of anilines is 1. The minimum Gasteiger partial charge on any atom is -0.463 e. The molecule has 31 heavy (non-hydrogen) atoms. The van der Waals surface area contributed by atoms with Crippen LogP contribution >= 0.6 is 11.3 Å². The van der Waals surface area contributed by atoms with Gasteiger partial charge < -0.3 is 10.2 Å². The topological polar surface area (TPSA) is 69.1 Å². The number of carbonyl (C=O) groups is 1. The van der Waals surface area contributed by atoms with Crippen LogP contribution in [-0.4, -0.2) is 10.8 Å². The number of thiazole rings is 1. The monoisotopic (exact) mass is 444 g/mol. The van der Waals surface area contributed by atoms with Gasteiger partial charge in [-0.15, -0.1) is 11.3 Å². The summed E-state index contributed by atoms with van der Waals surface area (Å²) in [6, 6.07) is 3.76. The number of rotatable bonds is 17. The summed E-state index contributed by atoms with van der Waals surface area (Å²) in [6.45, 7) is 2.27.